The Balaban J connectivity index is 1.69. The number of fused-ring (bicyclic) bond motifs is 3. The number of benzene rings is 1. The van der Waals surface area contributed by atoms with Crippen LogP contribution in [0.5, 0.6) is 0 Å². The first-order valence-corrected chi connectivity index (χ1v) is 10.8. The van der Waals surface area contributed by atoms with Crippen molar-refractivity contribution in [3.63, 3.8) is 0 Å². The van der Waals surface area contributed by atoms with E-state index in [2.05, 4.69) is 22.6 Å². The minimum Gasteiger partial charge on any atom is -0.390 e. The zero-order chi connectivity index (χ0) is 21.0. The summed E-state index contributed by atoms with van der Waals surface area (Å²) < 4.78 is 2.09. The fraction of sp³-hybridized carbons (Fsp3) is 0.375. The van der Waals surface area contributed by atoms with Crippen LogP contribution in [0, 0.1) is 6.92 Å². The van der Waals surface area contributed by atoms with Crippen molar-refractivity contribution in [3.05, 3.63) is 58.5 Å². The van der Waals surface area contributed by atoms with E-state index in [1.54, 1.807) is 0 Å². The molecule has 0 bridgehead atoms. The molecule has 1 N–H and O–H groups in total. The Morgan fingerprint density at radius 3 is 2.70 bits per heavy atom. The number of pyridine rings is 1. The summed E-state index contributed by atoms with van der Waals surface area (Å²) in [6.45, 7) is 5.66. The second kappa shape index (κ2) is 7.03. The van der Waals surface area contributed by atoms with Crippen LogP contribution in [0.1, 0.15) is 56.0 Å². The maximum Gasteiger partial charge on any atom is 0.165 e. The van der Waals surface area contributed by atoms with Crippen molar-refractivity contribution >= 4 is 28.3 Å². The normalized spacial score (nSPS) is 14.7. The second-order valence-electron chi connectivity index (χ2n) is 8.98. The van der Waals surface area contributed by atoms with E-state index in [-0.39, 0.29) is 0 Å². The maximum absolute atomic E-state index is 10.1. The molecule has 1 fully saturated rings. The van der Waals surface area contributed by atoms with Crippen molar-refractivity contribution in [2.45, 2.75) is 58.0 Å². The van der Waals surface area contributed by atoms with Gasteiger partial charge in [0.05, 0.1) is 28.0 Å². The molecule has 1 aliphatic carbocycles. The van der Waals surface area contributed by atoms with E-state index in [9.17, 15) is 5.11 Å². The molecule has 1 aromatic carbocycles. The molecule has 30 heavy (non-hydrogen) atoms. The smallest absolute Gasteiger partial charge is 0.165 e. The number of hydrogen-bond donors (Lipinski definition) is 1. The number of hydrogen-bond acceptors (Lipinski definition) is 4. The molecular weight excluding hydrogens is 396 g/mol. The summed E-state index contributed by atoms with van der Waals surface area (Å²) in [5.74, 6) is 1.34. The third-order valence-electron chi connectivity index (χ3n) is 5.80. The predicted molar refractivity (Wildman–Crippen MR) is 120 cm³/mol. The average molecular weight is 421 g/mol. The largest absolute Gasteiger partial charge is 0.390 e. The Labute approximate surface area is 180 Å². The van der Waals surface area contributed by atoms with Crippen molar-refractivity contribution in [1.29, 1.82) is 0 Å². The van der Waals surface area contributed by atoms with E-state index in [1.807, 2.05) is 39.1 Å². The summed E-state index contributed by atoms with van der Waals surface area (Å²) in [5.41, 5.74) is 5.95. The number of imidazole rings is 1. The molecule has 0 saturated heterocycles. The first kappa shape index (κ1) is 19.5. The van der Waals surface area contributed by atoms with Crippen molar-refractivity contribution in [2.75, 3.05) is 0 Å². The average Bonchev–Trinajstić information content (AvgIpc) is 3.45. The van der Waals surface area contributed by atoms with Gasteiger partial charge in [-0.2, -0.15) is 0 Å². The summed E-state index contributed by atoms with van der Waals surface area (Å²) in [5, 5.41) is 10.7. The molecule has 0 amide bonds. The molecule has 154 valence electrons. The van der Waals surface area contributed by atoms with Crippen molar-refractivity contribution in [3.8, 4) is 11.4 Å². The van der Waals surface area contributed by atoms with Gasteiger partial charge >= 0.3 is 0 Å². The van der Waals surface area contributed by atoms with E-state index in [1.165, 1.54) is 12.8 Å². The van der Waals surface area contributed by atoms with Gasteiger partial charge in [0.1, 0.15) is 11.3 Å². The van der Waals surface area contributed by atoms with Gasteiger partial charge in [-0.05, 0) is 76.3 Å². The van der Waals surface area contributed by atoms with Gasteiger partial charge in [0.2, 0.25) is 0 Å². The predicted octanol–water partition coefficient (Wildman–Crippen LogP) is 5.49. The second-order valence-corrected chi connectivity index (χ2v) is 9.39. The molecule has 5 rings (SSSR count). The van der Waals surface area contributed by atoms with Gasteiger partial charge in [0.15, 0.2) is 5.65 Å². The van der Waals surface area contributed by atoms with Crippen LogP contribution in [0.15, 0.2) is 36.5 Å². The number of nitrogens with zero attached hydrogens (tertiary/aromatic N) is 4. The molecule has 3 aromatic heterocycles. The van der Waals surface area contributed by atoms with Crippen LogP contribution in [0.2, 0.25) is 5.02 Å². The molecule has 0 atom stereocenters. The lowest BCUT2D eigenvalue weighted by atomic mass is 9.98. The fourth-order valence-electron chi connectivity index (χ4n) is 3.91. The lowest BCUT2D eigenvalue weighted by Crippen LogP contribution is -2.19. The van der Waals surface area contributed by atoms with E-state index in [4.69, 9.17) is 26.6 Å². The lowest BCUT2D eigenvalue weighted by Gasteiger charge is -2.17. The summed E-state index contributed by atoms with van der Waals surface area (Å²) in [7, 11) is 0. The van der Waals surface area contributed by atoms with E-state index >= 15 is 0 Å². The first-order chi connectivity index (χ1) is 14.3. The molecule has 5 nitrogen and oxygen atoms in total. The van der Waals surface area contributed by atoms with Gasteiger partial charge in [0.25, 0.3) is 0 Å². The number of aromatic nitrogens is 4. The molecule has 6 heteroatoms. The van der Waals surface area contributed by atoms with Crippen LogP contribution < -0.4 is 0 Å². The number of aryl methyl sites for hydroxylation is 2. The van der Waals surface area contributed by atoms with Crippen molar-refractivity contribution in [1.82, 2.24) is 19.4 Å². The van der Waals surface area contributed by atoms with Crippen molar-refractivity contribution in [2.24, 2.45) is 0 Å². The van der Waals surface area contributed by atoms with Crippen LogP contribution in [0.3, 0.4) is 0 Å². The monoisotopic (exact) mass is 420 g/mol. The van der Waals surface area contributed by atoms with Crippen molar-refractivity contribution < 1.29 is 5.11 Å². The van der Waals surface area contributed by atoms with Crippen LogP contribution in [0.4, 0.5) is 0 Å². The highest BCUT2D eigenvalue weighted by molar-refractivity contribution is 6.33. The summed E-state index contributed by atoms with van der Waals surface area (Å²) in [6.07, 6.45) is 5.69. The van der Waals surface area contributed by atoms with Gasteiger partial charge in [0, 0.05) is 17.2 Å². The van der Waals surface area contributed by atoms with Gasteiger partial charge in [-0.15, -0.1) is 0 Å². The van der Waals surface area contributed by atoms with Crippen LogP contribution in [-0.4, -0.2) is 30.1 Å². The standard InChI is InChI=1S/C24H25ClN4O/c1-14-21-13-26-22(17-12-15(4-7-18(17)25)10-11-24(2,3)30)29(21)23-20(27-14)9-8-19(28-23)16-5-6-16/h4,7-9,12-13,16,30H,5-6,10-11H2,1-3H3. The molecule has 0 radical (unpaired) electrons. The quantitative estimate of drug-likeness (QED) is 0.463. The minimum absolute atomic E-state index is 0.562. The molecule has 1 aliphatic rings. The molecule has 4 aromatic rings. The number of aliphatic hydroxyl groups is 1. The number of rotatable bonds is 5. The first-order valence-electron chi connectivity index (χ1n) is 10.5. The molecule has 0 spiro atoms. The third kappa shape index (κ3) is 3.57. The van der Waals surface area contributed by atoms with E-state index < -0.39 is 5.60 Å². The van der Waals surface area contributed by atoms with E-state index in [0.717, 1.165) is 51.4 Å². The lowest BCUT2D eigenvalue weighted by molar-refractivity contribution is 0.0714. The highest BCUT2D eigenvalue weighted by Gasteiger charge is 2.26. The SMILES string of the molecule is Cc1nc2ccc(C3CC3)nc2n2c(-c3cc(CCC(C)(C)O)ccc3Cl)ncc12. The van der Waals surface area contributed by atoms with E-state index in [0.29, 0.717) is 17.4 Å². The summed E-state index contributed by atoms with van der Waals surface area (Å²) >= 11 is 6.62. The Morgan fingerprint density at radius 2 is 1.97 bits per heavy atom. The van der Waals surface area contributed by atoms with Gasteiger partial charge in [-0.3, -0.25) is 4.40 Å². The zero-order valence-electron chi connectivity index (χ0n) is 17.5. The molecular formula is C24H25ClN4O. The van der Waals surface area contributed by atoms with Crippen LogP contribution >= 0.6 is 11.6 Å². The Morgan fingerprint density at radius 1 is 1.17 bits per heavy atom. The number of halogens is 1. The fourth-order valence-corrected chi connectivity index (χ4v) is 4.11. The molecule has 0 unspecified atom stereocenters. The minimum atomic E-state index is -0.706. The highest BCUT2D eigenvalue weighted by atomic mass is 35.5. The Hall–Kier alpha value is -2.50. The van der Waals surface area contributed by atoms with Gasteiger partial charge in [-0.1, -0.05) is 17.7 Å². The zero-order valence-corrected chi connectivity index (χ0v) is 18.2. The topological polar surface area (TPSA) is 63.3 Å². The van der Waals surface area contributed by atoms with Crippen LogP contribution in [-0.2, 0) is 6.42 Å². The highest BCUT2D eigenvalue weighted by Crippen LogP contribution is 2.40. The molecule has 1 saturated carbocycles. The summed E-state index contributed by atoms with van der Waals surface area (Å²) in [6, 6.07) is 10.2. The third-order valence-corrected chi connectivity index (χ3v) is 6.13. The Bertz CT molecular complexity index is 1270. The molecule has 0 aliphatic heterocycles. The molecule has 3 heterocycles. The summed E-state index contributed by atoms with van der Waals surface area (Å²) in [4.78, 5) is 14.4. The van der Waals surface area contributed by atoms with Gasteiger partial charge in [-0.25, -0.2) is 15.0 Å². The maximum atomic E-state index is 10.1. The van der Waals surface area contributed by atoms with Gasteiger partial charge < -0.3 is 5.11 Å². The van der Waals surface area contributed by atoms with Crippen LogP contribution in [0.25, 0.3) is 28.1 Å². The Kier molecular flexibility index (Phi) is 4.56.